The van der Waals surface area contributed by atoms with Crippen LogP contribution in [-0.4, -0.2) is 40.8 Å². The minimum atomic E-state index is 0.440. The number of rotatable bonds is 6. The molecule has 0 spiro atoms. The number of aryl methyl sites for hydroxylation is 1. The van der Waals surface area contributed by atoms with Gasteiger partial charge >= 0.3 is 0 Å². The first-order chi connectivity index (χ1) is 9.49. The zero-order valence-electron chi connectivity index (χ0n) is 13.8. The summed E-state index contributed by atoms with van der Waals surface area (Å²) in [5, 5.41) is 7.90. The van der Waals surface area contributed by atoms with E-state index in [0.717, 1.165) is 32.0 Å². The second kappa shape index (κ2) is 7.92. The third-order valence-corrected chi connectivity index (χ3v) is 3.07. The average molecular weight is 279 g/mol. The molecule has 0 aliphatic rings. The molecule has 0 radical (unpaired) electrons. The summed E-state index contributed by atoms with van der Waals surface area (Å²) in [4.78, 5) is 6.78. The molecule has 0 aromatic carbocycles. The molecule has 114 valence electrons. The summed E-state index contributed by atoms with van der Waals surface area (Å²) in [7, 11) is 4.06. The van der Waals surface area contributed by atoms with Crippen LogP contribution in [0.5, 0.6) is 0 Å². The third kappa shape index (κ3) is 4.54. The summed E-state index contributed by atoms with van der Waals surface area (Å²) in [5.74, 6) is 1.41. The molecule has 0 atom stereocenters. The lowest BCUT2D eigenvalue weighted by atomic mass is 10.1. The second-order valence-electron chi connectivity index (χ2n) is 5.46. The van der Waals surface area contributed by atoms with Gasteiger partial charge in [0.2, 0.25) is 0 Å². The van der Waals surface area contributed by atoms with Crippen molar-refractivity contribution in [3.05, 3.63) is 17.5 Å². The molecule has 1 rings (SSSR count). The number of hydrogen-bond donors (Lipinski definition) is 1. The van der Waals surface area contributed by atoms with Crippen molar-refractivity contribution in [1.29, 1.82) is 0 Å². The Kier molecular flexibility index (Phi) is 6.55. The van der Waals surface area contributed by atoms with Crippen LogP contribution in [0, 0.1) is 0 Å². The molecule has 0 aliphatic heterocycles. The molecule has 1 aromatic rings. The third-order valence-electron chi connectivity index (χ3n) is 3.07. The number of nitrogens with one attached hydrogen (secondary N) is 1. The molecule has 0 aliphatic carbocycles. The van der Waals surface area contributed by atoms with Gasteiger partial charge in [0.05, 0.1) is 5.69 Å². The summed E-state index contributed by atoms with van der Waals surface area (Å²) in [6.45, 7) is 11.2. The molecular formula is C15H29N5. The summed E-state index contributed by atoms with van der Waals surface area (Å²) < 4.78 is 1.90. The van der Waals surface area contributed by atoms with E-state index in [9.17, 15) is 0 Å². The van der Waals surface area contributed by atoms with Gasteiger partial charge in [0.25, 0.3) is 0 Å². The zero-order chi connectivity index (χ0) is 15.1. The maximum absolute atomic E-state index is 4.61. The van der Waals surface area contributed by atoms with Crippen LogP contribution in [0.1, 0.15) is 51.3 Å². The fourth-order valence-electron chi connectivity index (χ4n) is 2.18. The molecule has 5 nitrogen and oxygen atoms in total. The van der Waals surface area contributed by atoms with Crippen molar-refractivity contribution in [2.24, 2.45) is 12.0 Å². The predicted molar refractivity (Wildman–Crippen MR) is 85.0 cm³/mol. The Balaban J connectivity index is 2.84. The molecule has 0 amide bonds. The molecule has 1 N–H and O–H groups in total. The molecule has 0 saturated carbocycles. The number of aromatic nitrogens is 2. The highest BCUT2D eigenvalue weighted by Crippen LogP contribution is 2.18. The molecule has 1 aromatic heterocycles. The van der Waals surface area contributed by atoms with Crippen molar-refractivity contribution >= 4 is 5.96 Å². The summed E-state index contributed by atoms with van der Waals surface area (Å²) >= 11 is 0. The van der Waals surface area contributed by atoms with Gasteiger partial charge in [-0.1, -0.05) is 20.8 Å². The minimum absolute atomic E-state index is 0.440. The van der Waals surface area contributed by atoms with Crippen molar-refractivity contribution in [2.45, 2.75) is 46.6 Å². The molecule has 0 fully saturated rings. The Labute approximate surface area is 123 Å². The standard InChI is InChI=1S/C15H29N5/c1-7-9-17-15(16-8-2)19(5)10-13-11-20(6)18-14(13)12(3)4/h11-12H,7-10H2,1-6H3,(H,16,17). The van der Waals surface area contributed by atoms with E-state index in [1.54, 1.807) is 0 Å². The van der Waals surface area contributed by atoms with E-state index < -0.39 is 0 Å². The maximum atomic E-state index is 4.61. The van der Waals surface area contributed by atoms with Gasteiger partial charge in [0, 0.05) is 45.5 Å². The van der Waals surface area contributed by atoms with Crippen molar-refractivity contribution in [1.82, 2.24) is 20.0 Å². The Morgan fingerprint density at radius 1 is 1.45 bits per heavy atom. The highest BCUT2D eigenvalue weighted by Gasteiger charge is 2.14. The maximum Gasteiger partial charge on any atom is 0.193 e. The normalized spacial score (nSPS) is 12.1. The van der Waals surface area contributed by atoms with Crippen LogP contribution < -0.4 is 5.32 Å². The van der Waals surface area contributed by atoms with Crippen LogP contribution in [0.4, 0.5) is 0 Å². The molecule has 0 bridgehead atoms. The van der Waals surface area contributed by atoms with Crippen LogP contribution >= 0.6 is 0 Å². The van der Waals surface area contributed by atoms with Gasteiger partial charge in [0.1, 0.15) is 0 Å². The van der Waals surface area contributed by atoms with Crippen LogP contribution in [0.25, 0.3) is 0 Å². The van der Waals surface area contributed by atoms with Crippen molar-refractivity contribution in [3.8, 4) is 0 Å². The smallest absolute Gasteiger partial charge is 0.193 e. The van der Waals surface area contributed by atoms with Gasteiger partial charge < -0.3 is 10.2 Å². The van der Waals surface area contributed by atoms with E-state index in [-0.39, 0.29) is 0 Å². The topological polar surface area (TPSA) is 45.5 Å². The first kappa shape index (κ1) is 16.5. The van der Waals surface area contributed by atoms with Gasteiger partial charge in [-0.2, -0.15) is 5.10 Å². The van der Waals surface area contributed by atoms with Gasteiger partial charge in [0.15, 0.2) is 5.96 Å². The largest absolute Gasteiger partial charge is 0.357 e. The van der Waals surface area contributed by atoms with Crippen molar-refractivity contribution in [2.75, 3.05) is 20.1 Å². The van der Waals surface area contributed by atoms with E-state index in [0.29, 0.717) is 5.92 Å². The zero-order valence-corrected chi connectivity index (χ0v) is 13.8. The quantitative estimate of drug-likeness (QED) is 0.642. The lowest BCUT2D eigenvalue weighted by molar-refractivity contribution is 0.473. The lowest BCUT2D eigenvalue weighted by Crippen LogP contribution is -2.38. The Bertz CT molecular complexity index is 433. The van der Waals surface area contributed by atoms with Crippen LogP contribution in [0.3, 0.4) is 0 Å². The number of hydrogen-bond acceptors (Lipinski definition) is 2. The molecule has 1 heterocycles. The summed E-state index contributed by atoms with van der Waals surface area (Å²) in [5.41, 5.74) is 2.44. The average Bonchev–Trinajstić information content (AvgIpc) is 2.75. The number of nitrogens with zero attached hydrogens (tertiary/aromatic N) is 4. The van der Waals surface area contributed by atoms with Gasteiger partial charge in [-0.25, -0.2) is 0 Å². The van der Waals surface area contributed by atoms with E-state index in [2.05, 4.69) is 61.2 Å². The minimum Gasteiger partial charge on any atom is -0.357 e. The molecule has 20 heavy (non-hydrogen) atoms. The molecule has 0 saturated heterocycles. The first-order valence-corrected chi connectivity index (χ1v) is 7.51. The van der Waals surface area contributed by atoms with Crippen LogP contribution in [0.2, 0.25) is 0 Å². The predicted octanol–water partition coefficient (Wildman–Crippen LogP) is 2.35. The van der Waals surface area contributed by atoms with Crippen LogP contribution in [-0.2, 0) is 13.6 Å². The Morgan fingerprint density at radius 3 is 2.70 bits per heavy atom. The van der Waals surface area contributed by atoms with E-state index in [1.165, 1.54) is 11.3 Å². The fraction of sp³-hybridized carbons (Fsp3) is 0.733. The van der Waals surface area contributed by atoms with Gasteiger partial charge in [-0.15, -0.1) is 0 Å². The van der Waals surface area contributed by atoms with Crippen LogP contribution in [0.15, 0.2) is 11.2 Å². The SMILES string of the molecule is CCCN=C(NCC)N(C)Cc1cn(C)nc1C(C)C. The van der Waals surface area contributed by atoms with E-state index >= 15 is 0 Å². The molecule has 5 heteroatoms. The number of guanidine groups is 1. The second-order valence-corrected chi connectivity index (χ2v) is 5.46. The lowest BCUT2D eigenvalue weighted by Gasteiger charge is -2.22. The first-order valence-electron chi connectivity index (χ1n) is 7.51. The molecular weight excluding hydrogens is 250 g/mol. The van der Waals surface area contributed by atoms with Crippen molar-refractivity contribution < 1.29 is 0 Å². The molecule has 0 unspecified atom stereocenters. The Hall–Kier alpha value is -1.52. The van der Waals surface area contributed by atoms with E-state index in [1.807, 2.05) is 11.7 Å². The van der Waals surface area contributed by atoms with Gasteiger partial charge in [-0.05, 0) is 19.3 Å². The van der Waals surface area contributed by atoms with Gasteiger partial charge in [-0.3, -0.25) is 9.67 Å². The van der Waals surface area contributed by atoms with Crippen molar-refractivity contribution in [3.63, 3.8) is 0 Å². The number of aliphatic imine (C=N–C) groups is 1. The Morgan fingerprint density at radius 2 is 2.15 bits per heavy atom. The monoisotopic (exact) mass is 279 g/mol. The highest BCUT2D eigenvalue weighted by molar-refractivity contribution is 5.79. The fourth-order valence-corrected chi connectivity index (χ4v) is 2.18. The highest BCUT2D eigenvalue weighted by atomic mass is 15.3. The summed E-state index contributed by atoms with van der Waals surface area (Å²) in [6, 6.07) is 0. The van der Waals surface area contributed by atoms with E-state index in [4.69, 9.17) is 0 Å². The summed E-state index contributed by atoms with van der Waals surface area (Å²) in [6.07, 6.45) is 3.17.